The summed E-state index contributed by atoms with van der Waals surface area (Å²) in [5.74, 6) is -0.287. The SMILES string of the molecule is O=C1N(c2ccc(F)cc2)C[C@@H](c2ccccc2)N1C1CCNCC1. The Labute approximate surface area is 147 Å². The number of rotatable bonds is 3. The fraction of sp³-hybridized carbons (Fsp3) is 0.350. The van der Waals surface area contributed by atoms with Crippen molar-refractivity contribution in [3.63, 3.8) is 0 Å². The van der Waals surface area contributed by atoms with Crippen molar-refractivity contribution in [2.75, 3.05) is 24.5 Å². The topological polar surface area (TPSA) is 35.6 Å². The number of hydrogen-bond acceptors (Lipinski definition) is 2. The largest absolute Gasteiger partial charge is 0.325 e. The number of benzene rings is 2. The number of nitrogens with zero attached hydrogens (tertiary/aromatic N) is 2. The molecule has 2 aromatic carbocycles. The van der Waals surface area contributed by atoms with E-state index in [9.17, 15) is 9.18 Å². The summed E-state index contributed by atoms with van der Waals surface area (Å²) in [5, 5.41) is 3.36. The van der Waals surface area contributed by atoms with Crippen LogP contribution in [0.2, 0.25) is 0 Å². The molecule has 0 aromatic heterocycles. The van der Waals surface area contributed by atoms with Crippen molar-refractivity contribution in [3.8, 4) is 0 Å². The molecule has 2 fully saturated rings. The summed E-state index contributed by atoms with van der Waals surface area (Å²) in [6, 6.07) is 16.7. The molecule has 0 bridgehead atoms. The number of nitrogens with one attached hydrogen (secondary N) is 1. The van der Waals surface area contributed by atoms with Crippen molar-refractivity contribution >= 4 is 11.7 Å². The molecule has 1 N–H and O–H groups in total. The molecule has 2 heterocycles. The number of hydrogen-bond donors (Lipinski definition) is 1. The van der Waals surface area contributed by atoms with E-state index < -0.39 is 0 Å². The molecule has 4 rings (SSSR count). The highest BCUT2D eigenvalue weighted by molar-refractivity contribution is 5.95. The van der Waals surface area contributed by atoms with Crippen LogP contribution in [0.4, 0.5) is 14.9 Å². The van der Waals surface area contributed by atoms with Crippen molar-refractivity contribution in [2.24, 2.45) is 0 Å². The highest BCUT2D eigenvalue weighted by Crippen LogP contribution is 2.36. The number of urea groups is 1. The molecule has 2 amide bonds. The first-order chi connectivity index (χ1) is 12.2. The molecule has 0 radical (unpaired) electrons. The van der Waals surface area contributed by atoms with Crippen LogP contribution in [0.5, 0.6) is 0 Å². The summed E-state index contributed by atoms with van der Waals surface area (Å²) in [6.45, 7) is 2.47. The van der Waals surface area contributed by atoms with Crippen LogP contribution >= 0.6 is 0 Å². The quantitative estimate of drug-likeness (QED) is 0.928. The van der Waals surface area contributed by atoms with Gasteiger partial charge in [-0.3, -0.25) is 4.90 Å². The lowest BCUT2D eigenvalue weighted by molar-refractivity contribution is 0.158. The highest BCUT2D eigenvalue weighted by Gasteiger charge is 2.42. The first-order valence-electron chi connectivity index (χ1n) is 8.85. The summed E-state index contributed by atoms with van der Waals surface area (Å²) in [4.78, 5) is 17.0. The molecule has 1 atom stereocenters. The zero-order valence-corrected chi connectivity index (χ0v) is 14.1. The third-order valence-corrected chi connectivity index (χ3v) is 5.17. The summed E-state index contributed by atoms with van der Waals surface area (Å²) in [5.41, 5.74) is 1.91. The Bertz CT molecular complexity index is 728. The van der Waals surface area contributed by atoms with Gasteiger partial charge >= 0.3 is 6.03 Å². The van der Waals surface area contributed by atoms with E-state index in [1.165, 1.54) is 12.1 Å². The van der Waals surface area contributed by atoms with Crippen molar-refractivity contribution in [2.45, 2.75) is 24.9 Å². The number of anilines is 1. The van der Waals surface area contributed by atoms with Crippen LogP contribution in [-0.4, -0.2) is 36.6 Å². The number of carbonyl (C=O) groups is 1. The molecule has 2 aliphatic rings. The summed E-state index contributed by atoms with van der Waals surface area (Å²) >= 11 is 0. The van der Waals surface area contributed by atoms with Crippen molar-refractivity contribution < 1.29 is 9.18 Å². The van der Waals surface area contributed by atoms with E-state index in [2.05, 4.69) is 17.4 Å². The number of piperidine rings is 1. The molecule has 2 aromatic rings. The van der Waals surface area contributed by atoms with Crippen LogP contribution in [0.3, 0.4) is 0 Å². The molecular formula is C20H22FN3O. The van der Waals surface area contributed by atoms with Crippen LogP contribution in [0.15, 0.2) is 54.6 Å². The van der Waals surface area contributed by atoms with E-state index in [0.29, 0.717) is 6.54 Å². The predicted octanol–water partition coefficient (Wildman–Crippen LogP) is 3.56. The zero-order valence-electron chi connectivity index (χ0n) is 14.1. The maximum atomic E-state index is 13.3. The third kappa shape index (κ3) is 3.12. The molecule has 5 heteroatoms. The number of carbonyl (C=O) groups excluding carboxylic acids is 1. The first kappa shape index (κ1) is 16.1. The second kappa shape index (κ2) is 6.84. The normalized spacial score (nSPS) is 21.8. The van der Waals surface area contributed by atoms with Gasteiger partial charge in [-0.2, -0.15) is 0 Å². The fourth-order valence-electron chi connectivity index (χ4n) is 3.89. The molecule has 25 heavy (non-hydrogen) atoms. The van der Waals surface area contributed by atoms with E-state index in [4.69, 9.17) is 0 Å². The van der Waals surface area contributed by atoms with Gasteiger partial charge in [0.05, 0.1) is 12.6 Å². The van der Waals surface area contributed by atoms with Crippen LogP contribution in [0.25, 0.3) is 0 Å². The van der Waals surface area contributed by atoms with Crippen LogP contribution in [0.1, 0.15) is 24.4 Å². The van der Waals surface area contributed by atoms with Crippen LogP contribution in [-0.2, 0) is 0 Å². The first-order valence-corrected chi connectivity index (χ1v) is 8.85. The van der Waals surface area contributed by atoms with Gasteiger partial charge in [-0.15, -0.1) is 0 Å². The van der Waals surface area contributed by atoms with E-state index in [1.54, 1.807) is 17.0 Å². The molecule has 2 aliphatic heterocycles. The molecule has 0 aliphatic carbocycles. The minimum atomic E-state index is -0.287. The van der Waals surface area contributed by atoms with Crippen molar-refractivity contribution in [1.82, 2.24) is 10.2 Å². The second-order valence-electron chi connectivity index (χ2n) is 6.68. The average Bonchev–Trinajstić information content (AvgIpc) is 3.01. The van der Waals surface area contributed by atoms with Crippen molar-refractivity contribution in [1.29, 1.82) is 0 Å². The Balaban J connectivity index is 1.68. The van der Waals surface area contributed by atoms with Crippen LogP contribution in [0, 0.1) is 5.82 Å². The lowest BCUT2D eigenvalue weighted by Gasteiger charge is -2.35. The zero-order chi connectivity index (χ0) is 17.2. The van der Waals surface area contributed by atoms with Gasteiger partial charge in [-0.05, 0) is 55.8 Å². The van der Waals surface area contributed by atoms with E-state index >= 15 is 0 Å². The predicted molar refractivity (Wildman–Crippen MR) is 96.1 cm³/mol. The van der Waals surface area contributed by atoms with Gasteiger partial charge in [0.25, 0.3) is 0 Å². The van der Waals surface area contributed by atoms with Gasteiger partial charge in [-0.1, -0.05) is 30.3 Å². The van der Waals surface area contributed by atoms with Gasteiger partial charge in [0.15, 0.2) is 0 Å². The maximum Gasteiger partial charge on any atom is 0.325 e. The average molecular weight is 339 g/mol. The minimum absolute atomic E-state index is 0.0207. The van der Waals surface area contributed by atoms with Gasteiger partial charge < -0.3 is 10.2 Å². The van der Waals surface area contributed by atoms with Gasteiger partial charge in [-0.25, -0.2) is 9.18 Å². The van der Waals surface area contributed by atoms with Gasteiger partial charge in [0.2, 0.25) is 0 Å². The lowest BCUT2D eigenvalue weighted by Crippen LogP contribution is -2.46. The smallest absolute Gasteiger partial charge is 0.317 e. The maximum absolute atomic E-state index is 13.3. The van der Waals surface area contributed by atoms with E-state index in [0.717, 1.165) is 37.2 Å². The van der Waals surface area contributed by atoms with E-state index in [1.807, 2.05) is 23.1 Å². The fourth-order valence-corrected chi connectivity index (χ4v) is 3.89. The van der Waals surface area contributed by atoms with Crippen molar-refractivity contribution in [3.05, 3.63) is 66.0 Å². The monoisotopic (exact) mass is 339 g/mol. The molecule has 130 valence electrons. The summed E-state index contributed by atoms with van der Waals surface area (Å²) < 4.78 is 13.3. The second-order valence-corrected chi connectivity index (χ2v) is 6.68. The van der Waals surface area contributed by atoms with Gasteiger partial charge in [0, 0.05) is 11.7 Å². The Morgan fingerprint density at radius 3 is 2.32 bits per heavy atom. The molecule has 0 unspecified atom stereocenters. The lowest BCUT2D eigenvalue weighted by atomic mass is 10.00. The number of amides is 2. The molecule has 0 saturated carbocycles. The third-order valence-electron chi connectivity index (χ3n) is 5.17. The minimum Gasteiger partial charge on any atom is -0.317 e. The summed E-state index contributed by atoms with van der Waals surface area (Å²) in [6.07, 6.45) is 1.93. The molecule has 2 saturated heterocycles. The van der Waals surface area contributed by atoms with Gasteiger partial charge in [0.1, 0.15) is 5.82 Å². The standard InChI is InChI=1S/C20H22FN3O/c21-16-6-8-17(9-7-16)23-14-19(15-4-2-1-3-5-15)24(20(23)25)18-10-12-22-13-11-18/h1-9,18-19,22H,10-14H2/t19-/m0/s1. The Morgan fingerprint density at radius 1 is 0.960 bits per heavy atom. The Morgan fingerprint density at radius 2 is 1.64 bits per heavy atom. The highest BCUT2D eigenvalue weighted by atomic mass is 19.1. The van der Waals surface area contributed by atoms with Crippen LogP contribution < -0.4 is 10.2 Å². The molecular weight excluding hydrogens is 317 g/mol. The molecule has 0 spiro atoms. The van der Waals surface area contributed by atoms with E-state index in [-0.39, 0.29) is 23.9 Å². The Hall–Kier alpha value is -2.40. The summed E-state index contributed by atoms with van der Waals surface area (Å²) in [7, 11) is 0. The number of halogens is 1. The Kier molecular flexibility index (Phi) is 4.40. The molecule has 4 nitrogen and oxygen atoms in total.